The topological polar surface area (TPSA) is 61.9 Å². The zero-order valence-corrected chi connectivity index (χ0v) is 24.9. The van der Waals surface area contributed by atoms with Gasteiger partial charge in [-0.25, -0.2) is 0 Å². The van der Waals surface area contributed by atoms with Gasteiger partial charge in [-0.2, -0.15) is 0 Å². The van der Waals surface area contributed by atoms with Crippen molar-refractivity contribution in [2.24, 2.45) is 5.41 Å². The van der Waals surface area contributed by atoms with Gasteiger partial charge in [0.2, 0.25) is 11.8 Å². The summed E-state index contributed by atoms with van der Waals surface area (Å²) in [5.41, 5.74) is 1.58. The molecule has 2 unspecified atom stereocenters. The highest BCUT2D eigenvalue weighted by Gasteiger charge is 2.49. The average molecular weight is 688 g/mol. The number of carbonyl (C=O) groups is 2. The molecule has 40 heavy (non-hydrogen) atoms. The molecule has 1 saturated carbocycles. The van der Waals surface area contributed by atoms with E-state index in [0.29, 0.717) is 30.4 Å². The molecule has 0 aromatic heterocycles. The summed E-state index contributed by atoms with van der Waals surface area (Å²) in [7, 11) is 1.56. The third-order valence-electron chi connectivity index (χ3n) is 8.05. The van der Waals surface area contributed by atoms with Gasteiger partial charge >= 0.3 is 6.36 Å². The SMILES string of the molecule is CNC(=O)C1(Cc2cc(Cl)c(OC(F)(F)F)cc2/C=C/C(=O)N2C3CCC2CN(Cc2ccc(I)cc2)C3)CC1. The summed E-state index contributed by atoms with van der Waals surface area (Å²) in [5.74, 6) is -0.836. The van der Waals surface area contributed by atoms with Gasteiger partial charge in [0.05, 0.1) is 10.4 Å². The van der Waals surface area contributed by atoms with E-state index in [1.807, 2.05) is 4.90 Å². The molecule has 0 spiro atoms. The van der Waals surface area contributed by atoms with Crippen LogP contribution < -0.4 is 10.1 Å². The van der Waals surface area contributed by atoms with Crippen LogP contribution in [0.3, 0.4) is 0 Å². The maximum absolute atomic E-state index is 13.4. The minimum absolute atomic E-state index is 0.0801. The number of nitrogens with one attached hydrogen (secondary N) is 1. The lowest BCUT2D eigenvalue weighted by Gasteiger charge is -2.40. The first-order chi connectivity index (χ1) is 19.0. The first-order valence-corrected chi connectivity index (χ1v) is 14.7. The Labute approximate surface area is 250 Å². The monoisotopic (exact) mass is 687 g/mol. The fraction of sp³-hybridized carbons (Fsp3) is 0.448. The van der Waals surface area contributed by atoms with Crippen LogP contribution in [0.1, 0.15) is 42.4 Å². The van der Waals surface area contributed by atoms with Crippen molar-refractivity contribution in [3.05, 3.63) is 67.8 Å². The highest BCUT2D eigenvalue weighted by molar-refractivity contribution is 14.1. The number of benzene rings is 2. The first kappa shape index (κ1) is 29.2. The van der Waals surface area contributed by atoms with Gasteiger partial charge in [0.25, 0.3) is 0 Å². The molecule has 2 heterocycles. The summed E-state index contributed by atoms with van der Waals surface area (Å²) in [5, 5.41) is 2.46. The molecule has 214 valence electrons. The van der Waals surface area contributed by atoms with Crippen molar-refractivity contribution in [1.82, 2.24) is 15.1 Å². The van der Waals surface area contributed by atoms with E-state index in [0.717, 1.165) is 32.5 Å². The zero-order valence-electron chi connectivity index (χ0n) is 21.9. The molecular formula is C29H30ClF3IN3O3. The molecule has 2 aromatic carbocycles. The first-order valence-electron chi connectivity index (χ1n) is 13.2. The molecule has 6 nitrogen and oxygen atoms in total. The number of fused-ring (bicyclic) bond motifs is 2. The van der Waals surface area contributed by atoms with Gasteiger partial charge in [0.15, 0.2) is 0 Å². The number of alkyl halides is 3. The number of halogens is 5. The number of nitrogens with zero attached hydrogens (tertiary/aromatic N) is 2. The molecule has 5 rings (SSSR count). The Bertz CT molecular complexity index is 1300. The summed E-state index contributed by atoms with van der Waals surface area (Å²) >= 11 is 8.44. The van der Waals surface area contributed by atoms with Crippen LogP contribution in [0.2, 0.25) is 5.02 Å². The fourth-order valence-electron chi connectivity index (χ4n) is 5.96. The molecule has 2 amide bonds. The van der Waals surface area contributed by atoms with Crippen molar-refractivity contribution >= 4 is 52.1 Å². The Hall–Kier alpha value is -2.31. The maximum Gasteiger partial charge on any atom is 0.573 e. The third-order valence-corrected chi connectivity index (χ3v) is 9.06. The van der Waals surface area contributed by atoms with Gasteiger partial charge in [-0.1, -0.05) is 23.7 Å². The molecule has 3 fully saturated rings. The van der Waals surface area contributed by atoms with Gasteiger partial charge in [-0.05, 0) is 102 Å². The van der Waals surface area contributed by atoms with E-state index < -0.39 is 17.5 Å². The number of carbonyl (C=O) groups excluding carboxylic acids is 2. The quantitative estimate of drug-likeness (QED) is 0.282. The third kappa shape index (κ3) is 6.60. The van der Waals surface area contributed by atoms with Crippen LogP contribution in [0.4, 0.5) is 13.2 Å². The lowest BCUT2D eigenvalue weighted by atomic mass is 9.92. The van der Waals surface area contributed by atoms with E-state index in [1.54, 1.807) is 7.05 Å². The standard InChI is InChI=1S/C29H30ClF3IN3O3/c1-35-27(39)28(10-11-28)14-20-12-24(30)25(40-29(31,32)33)13-19(20)4-9-26(38)37-22-7-8-23(37)17-36(16-22)15-18-2-5-21(34)6-3-18/h2-6,9,12-13,22-23H,7-8,10-11,14-17H2,1H3,(H,35,39)/b9-4+. The molecular weight excluding hydrogens is 658 g/mol. The van der Waals surface area contributed by atoms with Crippen molar-refractivity contribution in [2.45, 2.75) is 57.1 Å². The van der Waals surface area contributed by atoms with Crippen LogP contribution in [0.5, 0.6) is 5.75 Å². The van der Waals surface area contributed by atoms with Crippen LogP contribution >= 0.6 is 34.2 Å². The fourth-order valence-corrected chi connectivity index (χ4v) is 6.54. The minimum atomic E-state index is -4.92. The zero-order chi connectivity index (χ0) is 28.7. The Balaban J connectivity index is 1.34. The van der Waals surface area contributed by atoms with Gasteiger partial charge in [0, 0.05) is 48.4 Å². The minimum Gasteiger partial charge on any atom is -0.404 e. The second-order valence-corrected chi connectivity index (χ2v) is 12.5. The molecule has 2 aliphatic heterocycles. The molecule has 3 aliphatic rings. The van der Waals surface area contributed by atoms with Crippen molar-refractivity contribution in [1.29, 1.82) is 0 Å². The molecule has 2 aromatic rings. The van der Waals surface area contributed by atoms with E-state index in [4.69, 9.17) is 11.6 Å². The number of hydrogen-bond donors (Lipinski definition) is 1. The smallest absolute Gasteiger partial charge is 0.404 e. The van der Waals surface area contributed by atoms with E-state index >= 15 is 0 Å². The van der Waals surface area contributed by atoms with Crippen LogP contribution in [-0.4, -0.2) is 60.2 Å². The van der Waals surface area contributed by atoms with Crippen LogP contribution in [0.25, 0.3) is 6.08 Å². The number of piperazine rings is 1. The van der Waals surface area contributed by atoms with Crippen molar-refractivity contribution in [2.75, 3.05) is 20.1 Å². The summed E-state index contributed by atoms with van der Waals surface area (Å²) in [6.45, 7) is 2.37. The highest BCUT2D eigenvalue weighted by atomic mass is 127. The molecule has 11 heteroatoms. The van der Waals surface area contributed by atoms with E-state index in [1.165, 1.54) is 33.4 Å². The lowest BCUT2D eigenvalue weighted by molar-refractivity contribution is -0.274. The predicted octanol–water partition coefficient (Wildman–Crippen LogP) is 5.80. The normalized spacial score (nSPS) is 22.0. The number of hydrogen-bond acceptors (Lipinski definition) is 4. The van der Waals surface area contributed by atoms with Gasteiger partial charge in [-0.15, -0.1) is 13.2 Å². The van der Waals surface area contributed by atoms with Crippen molar-refractivity contribution in [3.8, 4) is 5.75 Å². The summed E-state index contributed by atoms with van der Waals surface area (Å²) in [6.07, 6.45) is 1.49. The van der Waals surface area contributed by atoms with Gasteiger partial charge in [-0.3, -0.25) is 14.5 Å². The van der Waals surface area contributed by atoms with Gasteiger partial charge < -0.3 is 15.0 Å². The molecule has 2 saturated heterocycles. The molecule has 1 N–H and O–H groups in total. The van der Waals surface area contributed by atoms with Crippen LogP contribution in [0, 0.1) is 8.99 Å². The van der Waals surface area contributed by atoms with Crippen molar-refractivity contribution in [3.63, 3.8) is 0 Å². The average Bonchev–Trinajstić information content (AvgIpc) is 3.63. The molecule has 0 radical (unpaired) electrons. The Morgan fingerprint density at radius 3 is 2.38 bits per heavy atom. The second kappa shape index (κ2) is 11.5. The highest BCUT2D eigenvalue weighted by Crippen LogP contribution is 2.50. The number of rotatable bonds is 8. The number of ether oxygens (including phenoxy) is 1. The van der Waals surface area contributed by atoms with Gasteiger partial charge in [0.1, 0.15) is 5.75 Å². The van der Waals surface area contributed by atoms with Crippen LogP contribution in [-0.2, 0) is 22.6 Å². The summed E-state index contributed by atoms with van der Waals surface area (Å²) < 4.78 is 44.3. The van der Waals surface area contributed by atoms with E-state index in [2.05, 4.69) is 61.8 Å². The van der Waals surface area contributed by atoms with Crippen molar-refractivity contribution < 1.29 is 27.5 Å². The Morgan fingerprint density at radius 2 is 1.80 bits per heavy atom. The summed E-state index contributed by atoms with van der Waals surface area (Å²) in [6, 6.07) is 11.2. The number of likely N-dealkylation sites (tertiary alicyclic amines) is 1. The molecule has 2 bridgehead atoms. The Morgan fingerprint density at radius 1 is 1.15 bits per heavy atom. The number of amides is 2. The summed E-state index contributed by atoms with van der Waals surface area (Å²) in [4.78, 5) is 30.1. The maximum atomic E-state index is 13.4. The molecule has 1 aliphatic carbocycles. The Kier molecular flexibility index (Phi) is 8.41. The second-order valence-electron chi connectivity index (χ2n) is 10.8. The predicted molar refractivity (Wildman–Crippen MR) is 155 cm³/mol. The van der Waals surface area contributed by atoms with Crippen LogP contribution in [0.15, 0.2) is 42.5 Å². The largest absolute Gasteiger partial charge is 0.573 e. The van der Waals surface area contributed by atoms with E-state index in [-0.39, 0.29) is 28.9 Å². The molecule has 2 atom stereocenters. The van der Waals surface area contributed by atoms with E-state index in [9.17, 15) is 22.8 Å². The lowest BCUT2D eigenvalue weighted by Crippen LogP contribution is -2.55.